The van der Waals surface area contributed by atoms with Gasteiger partial charge in [0.2, 0.25) is 0 Å². The van der Waals surface area contributed by atoms with Crippen LogP contribution in [0.25, 0.3) is 10.9 Å². The lowest BCUT2D eigenvalue weighted by Crippen LogP contribution is -2.13. The molecule has 0 fully saturated rings. The predicted octanol–water partition coefficient (Wildman–Crippen LogP) is 3.13. The molecule has 0 radical (unpaired) electrons. The number of hydrogen-bond acceptors (Lipinski definition) is 4. The lowest BCUT2D eigenvalue weighted by Gasteiger charge is -2.07. The molecule has 2 aromatic heterocycles. The lowest BCUT2D eigenvalue weighted by molar-refractivity contribution is 0.102. The van der Waals surface area contributed by atoms with Crippen LogP contribution in [0.5, 0.6) is 0 Å². The van der Waals surface area contributed by atoms with Gasteiger partial charge in [-0.15, -0.1) is 0 Å². The molecule has 1 N–H and O–H groups in total. The van der Waals surface area contributed by atoms with Crippen LogP contribution >= 0.6 is 0 Å². The first kappa shape index (κ1) is 15.0. The Morgan fingerprint density at radius 3 is 2.64 bits per heavy atom. The summed E-state index contributed by atoms with van der Waals surface area (Å²) in [6.45, 7) is 0.619. The normalized spacial score (nSPS) is 10.7. The molecular formula is C19H15N5O. The number of rotatable bonds is 4. The summed E-state index contributed by atoms with van der Waals surface area (Å²) in [5.41, 5.74) is 2.48. The molecule has 0 saturated carbocycles. The molecule has 2 aromatic carbocycles. The molecule has 0 atom stereocenters. The van der Waals surface area contributed by atoms with E-state index in [1.165, 1.54) is 6.33 Å². The third kappa shape index (κ3) is 3.37. The average molecular weight is 329 g/mol. The Morgan fingerprint density at radius 2 is 1.84 bits per heavy atom. The minimum atomic E-state index is -0.185. The number of hydrogen-bond donors (Lipinski definition) is 1. The van der Waals surface area contributed by atoms with Gasteiger partial charge < -0.3 is 5.32 Å². The number of carbonyl (C=O) groups excluding carboxylic acids is 1. The van der Waals surface area contributed by atoms with Crippen LogP contribution in [0.2, 0.25) is 0 Å². The van der Waals surface area contributed by atoms with Crippen molar-refractivity contribution < 1.29 is 4.79 Å². The zero-order valence-electron chi connectivity index (χ0n) is 13.3. The van der Waals surface area contributed by atoms with Gasteiger partial charge in [0.1, 0.15) is 18.5 Å². The standard InChI is InChI=1S/C19H15N5O/c25-19(23-18-10-9-15-3-1-2-4-17(15)22-18)16-7-5-14(6-8-16)11-24-13-20-12-21-24/h1-10,12-13H,11H2,(H,22,23,25). The highest BCUT2D eigenvalue weighted by molar-refractivity contribution is 6.04. The zero-order chi connectivity index (χ0) is 17.1. The van der Waals surface area contributed by atoms with Gasteiger partial charge in [-0.2, -0.15) is 5.10 Å². The molecule has 0 spiro atoms. The number of aromatic nitrogens is 4. The fourth-order valence-electron chi connectivity index (χ4n) is 2.59. The Morgan fingerprint density at radius 1 is 1.00 bits per heavy atom. The number of para-hydroxylation sites is 1. The second kappa shape index (κ2) is 6.52. The summed E-state index contributed by atoms with van der Waals surface area (Å²) in [4.78, 5) is 20.8. The predicted molar refractivity (Wildman–Crippen MR) is 95.3 cm³/mol. The number of fused-ring (bicyclic) bond motifs is 1. The van der Waals surface area contributed by atoms with Crippen LogP contribution in [0.4, 0.5) is 5.82 Å². The Hall–Kier alpha value is -3.54. The first-order chi connectivity index (χ1) is 12.3. The lowest BCUT2D eigenvalue weighted by atomic mass is 10.1. The van der Waals surface area contributed by atoms with E-state index >= 15 is 0 Å². The summed E-state index contributed by atoms with van der Waals surface area (Å²) in [6, 6.07) is 18.9. The quantitative estimate of drug-likeness (QED) is 0.624. The van der Waals surface area contributed by atoms with Crippen LogP contribution in [0.3, 0.4) is 0 Å². The Labute approximate surface area is 144 Å². The molecule has 122 valence electrons. The molecule has 0 saturated heterocycles. The smallest absolute Gasteiger partial charge is 0.256 e. The van der Waals surface area contributed by atoms with Crippen LogP contribution in [-0.4, -0.2) is 25.7 Å². The van der Waals surface area contributed by atoms with E-state index in [-0.39, 0.29) is 5.91 Å². The van der Waals surface area contributed by atoms with Crippen molar-refractivity contribution in [2.45, 2.75) is 6.54 Å². The minimum Gasteiger partial charge on any atom is -0.307 e. The van der Waals surface area contributed by atoms with E-state index in [0.29, 0.717) is 17.9 Å². The summed E-state index contributed by atoms with van der Waals surface area (Å²) in [7, 11) is 0. The summed E-state index contributed by atoms with van der Waals surface area (Å²) in [6.07, 6.45) is 3.16. The van der Waals surface area contributed by atoms with Crippen molar-refractivity contribution in [2.24, 2.45) is 0 Å². The number of carbonyl (C=O) groups is 1. The van der Waals surface area contributed by atoms with Crippen molar-refractivity contribution in [2.75, 3.05) is 5.32 Å². The number of amides is 1. The number of pyridine rings is 1. The largest absolute Gasteiger partial charge is 0.307 e. The molecule has 4 rings (SSSR count). The van der Waals surface area contributed by atoms with Crippen molar-refractivity contribution >= 4 is 22.6 Å². The number of anilines is 1. The van der Waals surface area contributed by atoms with Gasteiger partial charge in [-0.3, -0.25) is 4.79 Å². The molecule has 4 aromatic rings. The molecule has 0 aliphatic rings. The maximum atomic E-state index is 12.4. The van der Waals surface area contributed by atoms with Crippen molar-refractivity contribution in [3.63, 3.8) is 0 Å². The maximum absolute atomic E-state index is 12.4. The van der Waals surface area contributed by atoms with Crippen LogP contribution in [0.1, 0.15) is 15.9 Å². The molecule has 25 heavy (non-hydrogen) atoms. The Balaban J connectivity index is 1.48. The van der Waals surface area contributed by atoms with Crippen LogP contribution < -0.4 is 5.32 Å². The van der Waals surface area contributed by atoms with Gasteiger partial charge in [0.05, 0.1) is 12.1 Å². The van der Waals surface area contributed by atoms with Gasteiger partial charge in [0.15, 0.2) is 0 Å². The van der Waals surface area contributed by atoms with Gasteiger partial charge in [-0.1, -0.05) is 30.3 Å². The molecule has 0 aliphatic carbocycles. The minimum absolute atomic E-state index is 0.185. The summed E-state index contributed by atoms with van der Waals surface area (Å²) in [5, 5.41) is 7.95. The Kier molecular flexibility index (Phi) is 3.92. The average Bonchev–Trinajstić information content (AvgIpc) is 3.15. The van der Waals surface area contributed by atoms with Crippen molar-refractivity contribution in [3.05, 3.63) is 84.4 Å². The summed E-state index contributed by atoms with van der Waals surface area (Å²) in [5.74, 6) is 0.352. The van der Waals surface area contributed by atoms with Crippen LogP contribution in [0, 0.1) is 0 Å². The Bertz CT molecular complexity index is 1010. The second-order valence-electron chi connectivity index (χ2n) is 5.63. The number of nitrogens with zero attached hydrogens (tertiary/aromatic N) is 4. The molecule has 1 amide bonds. The second-order valence-corrected chi connectivity index (χ2v) is 5.63. The highest BCUT2D eigenvalue weighted by atomic mass is 16.1. The van der Waals surface area contributed by atoms with E-state index in [4.69, 9.17) is 0 Å². The highest BCUT2D eigenvalue weighted by Crippen LogP contribution is 2.15. The molecule has 2 heterocycles. The van der Waals surface area contributed by atoms with Gasteiger partial charge in [0, 0.05) is 10.9 Å². The number of nitrogens with one attached hydrogen (secondary N) is 1. The van der Waals surface area contributed by atoms with E-state index in [2.05, 4.69) is 20.4 Å². The fourth-order valence-corrected chi connectivity index (χ4v) is 2.59. The molecule has 0 aliphatic heterocycles. The van der Waals surface area contributed by atoms with E-state index in [9.17, 15) is 4.79 Å². The third-order valence-corrected chi connectivity index (χ3v) is 3.87. The van der Waals surface area contributed by atoms with E-state index in [1.807, 2.05) is 42.5 Å². The number of benzene rings is 2. The van der Waals surface area contributed by atoms with Crippen LogP contribution in [-0.2, 0) is 6.54 Å². The van der Waals surface area contributed by atoms with E-state index in [0.717, 1.165) is 16.5 Å². The van der Waals surface area contributed by atoms with Gasteiger partial charge in [0.25, 0.3) is 5.91 Å². The van der Waals surface area contributed by atoms with Gasteiger partial charge >= 0.3 is 0 Å². The van der Waals surface area contributed by atoms with Crippen molar-refractivity contribution in [3.8, 4) is 0 Å². The molecular weight excluding hydrogens is 314 g/mol. The molecule has 0 unspecified atom stereocenters. The SMILES string of the molecule is O=C(Nc1ccc2ccccc2n1)c1ccc(Cn2cncn2)cc1. The van der Waals surface area contributed by atoms with Gasteiger partial charge in [-0.05, 0) is 35.9 Å². The molecule has 0 bridgehead atoms. The highest BCUT2D eigenvalue weighted by Gasteiger charge is 2.07. The first-order valence-corrected chi connectivity index (χ1v) is 7.86. The summed E-state index contributed by atoms with van der Waals surface area (Å²) >= 11 is 0. The summed E-state index contributed by atoms with van der Waals surface area (Å²) < 4.78 is 1.73. The topological polar surface area (TPSA) is 72.7 Å². The van der Waals surface area contributed by atoms with Crippen molar-refractivity contribution in [1.29, 1.82) is 0 Å². The maximum Gasteiger partial charge on any atom is 0.256 e. The molecule has 6 heteroatoms. The van der Waals surface area contributed by atoms with E-state index in [1.54, 1.807) is 29.2 Å². The van der Waals surface area contributed by atoms with Gasteiger partial charge in [-0.25, -0.2) is 14.6 Å². The zero-order valence-corrected chi connectivity index (χ0v) is 13.3. The fraction of sp³-hybridized carbons (Fsp3) is 0.0526. The van der Waals surface area contributed by atoms with Crippen molar-refractivity contribution in [1.82, 2.24) is 19.7 Å². The van der Waals surface area contributed by atoms with E-state index < -0.39 is 0 Å². The first-order valence-electron chi connectivity index (χ1n) is 7.86. The third-order valence-electron chi connectivity index (χ3n) is 3.87. The molecule has 6 nitrogen and oxygen atoms in total. The van der Waals surface area contributed by atoms with Crippen LogP contribution in [0.15, 0.2) is 73.3 Å². The monoisotopic (exact) mass is 329 g/mol.